The first-order chi connectivity index (χ1) is 11.1. The lowest BCUT2D eigenvalue weighted by Crippen LogP contribution is -2.30. The van der Waals surface area contributed by atoms with Crippen LogP contribution in [0.5, 0.6) is 0 Å². The highest BCUT2D eigenvalue weighted by molar-refractivity contribution is 6.30. The van der Waals surface area contributed by atoms with Gasteiger partial charge in [0.2, 0.25) is 5.95 Å². The fraction of sp³-hybridized carbons (Fsp3) is 0.412. The minimum absolute atomic E-state index is 0.122. The minimum atomic E-state index is -1.21. The molecule has 0 saturated heterocycles. The lowest BCUT2D eigenvalue weighted by atomic mass is 9.84. The molecule has 0 radical (unpaired) electrons. The maximum absolute atomic E-state index is 14.1. The van der Waals surface area contributed by atoms with Crippen molar-refractivity contribution < 1.29 is 14.3 Å². The van der Waals surface area contributed by atoms with Gasteiger partial charge in [0.1, 0.15) is 5.56 Å². The Morgan fingerprint density at radius 2 is 2.08 bits per heavy atom. The number of nitrogens with zero attached hydrogens (tertiary/aromatic N) is 2. The highest BCUT2D eigenvalue weighted by Gasteiger charge is 2.31. The number of hydrogen-bond donors (Lipinski definition) is 2. The number of halogens is 2. The number of anilines is 1. The first-order valence-electron chi connectivity index (χ1n) is 7.58. The predicted octanol–water partition coefficient (Wildman–Crippen LogP) is 3.64. The second-order valence-corrected chi connectivity index (χ2v) is 6.76. The van der Waals surface area contributed by atoms with Gasteiger partial charge in [0.25, 0.3) is 5.91 Å². The lowest BCUT2D eigenvalue weighted by Gasteiger charge is -2.30. The van der Waals surface area contributed by atoms with Gasteiger partial charge in [0, 0.05) is 23.3 Å². The molecular weight excluding hydrogens is 333 g/mol. The van der Waals surface area contributed by atoms with Gasteiger partial charge in [-0.1, -0.05) is 25.4 Å². The quantitative estimate of drug-likeness (QED) is 0.881. The highest BCUT2D eigenvalue weighted by Crippen LogP contribution is 2.36. The van der Waals surface area contributed by atoms with Crippen molar-refractivity contribution in [2.75, 3.05) is 5.32 Å². The van der Waals surface area contributed by atoms with E-state index in [4.69, 9.17) is 11.6 Å². The van der Waals surface area contributed by atoms with Gasteiger partial charge in [0.15, 0.2) is 0 Å². The zero-order chi connectivity index (χ0) is 18.2. The number of rotatable bonds is 4. The van der Waals surface area contributed by atoms with Gasteiger partial charge in [-0.2, -0.15) is 9.49 Å². The minimum Gasteiger partial charge on any atom is -0.385 e. The molecule has 2 rings (SSSR count). The molecule has 2 N–H and O–H groups in total. The predicted molar refractivity (Wildman–Crippen MR) is 91.7 cm³/mol. The van der Waals surface area contributed by atoms with Gasteiger partial charge in [-0.15, -0.1) is 0 Å². The van der Waals surface area contributed by atoms with Gasteiger partial charge in [0.05, 0.1) is 11.3 Å². The van der Waals surface area contributed by atoms with E-state index in [9.17, 15) is 14.3 Å². The SMILES string of the molecule is Cc1nn(C)c(F)c1C(=O)Nc1ccc(Cl)cc1C(C)(O)C(C)C. The number of aryl methyl sites for hydroxylation is 2. The van der Waals surface area contributed by atoms with Crippen molar-refractivity contribution in [3.63, 3.8) is 0 Å². The van der Waals surface area contributed by atoms with E-state index in [2.05, 4.69) is 10.4 Å². The zero-order valence-corrected chi connectivity index (χ0v) is 15.1. The summed E-state index contributed by atoms with van der Waals surface area (Å²) >= 11 is 6.04. The van der Waals surface area contributed by atoms with Crippen LogP contribution in [0.3, 0.4) is 0 Å². The Morgan fingerprint density at radius 3 is 2.58 bits per heavy atom. The van der Waals surface area contributed by atoms with Crippen LogP contribution in [0.1, 0.15) is 42.4 Å². The molecule has 1 aromatic heterocycles. The number of carbonyl (C=O) groups is 1. The average Bonchev–Trinajstić information content (AvgIpc) is 2.73. The zero-order valence-electron chi connectivity index (χ0n) is 14.3. The van der Waals surface area contributed by atoms with Crippen molar-refractivity contribution in [1.82, 2.24) is 9.78 Å². The monoisotopic (exact) mass is 353 g/mol. The summed E-state index contributed by atoms with van der Waals surface area (Å²) in [6.07, 6.45) is 0. The molecule has 24 heavy (non-hydrogen) atoms. The summed E-state index contributed by atoms with van der Waals surface area (Å²) in [7, 11) is 1.43. The largest absolute Gasteiger partial charge is 0.385 e. The van der Waals surface area contributed by atoms with Crippen LogP contribution >= 0.6 is 11.6 Å². The van der Waals surface area contributed by atoms with Gasteiger partial charge in [-0.3, -0.25) is 4.79 Å². The topological polar surface area (TPSA) is 67.2 Å². The average molecular weight is 354 g/mol. The molecule has 1 unspecified atom stereocenters. The Kier molecular flexibility index (Phi) is 5.01. The maximum atomic E-state index is 14.1. The maximum Gasteiger partial charge on any atom is 0.262 e. The summed E-state index contributed by atoms with van der Waals surface area (Å²) in [4.78, 5) is 12.5. The van der Waals surface area contributed by atoms with Crippen molar-refractivity contribution in [1.29, 1.82) is 0 Å². The van der Waals surface area contributed by atoms with Crippen LogP contribution in [-0.2, 0) is 12.6 Å². The van der Waals surface area contributed by atoms with Crippen molar-refractivity contribution in [3.8, 4) is 0 Å². The molecule has 0 aliphatic heterocycles. The molecule has 0 spiro atoms. The molecule has 7 heteroatoms. The third-order valence-corrected chi connectivity index (χ3v) is 4.51. The van der Waals surface area contributed by atoms with Gasteiger partial charge < -0.3 is 10.4 Å². The fourth-order valence-electron chi connectivity index (χ4n) is 2.43. The Balaban J connectivity index is 2.45. The Hall–Kier alpha value is -1.92. The summed E-state index contributed by atoms with van der Waals surface area (Å²) in [5.41, 5.74) is -0.192. The molecule has 1 aromatic carbocycles. The molecule has 0 fully saturated rings. The van der Waals surface area contributed by atoms with Crippen LogP contribution in [0.4, 0.5) is 10.1 Å². The van der Waals surface area contributed by atoms with E-state index < -0.39 is 17.5 Å². The fourth-order valence-corrected chi connectivity index (χ4v) is 2.60. The highest BCUT2D eigenvalue weighted by atomic mass is 35.5. The summed E-state index contributed by atoms with van der Waals surface area (Å²) in [5.74, 6) is -1.46. The van der Waals surface area contributed by atoms with E-state index >= 15 is 0 Å². The van der Waals surface area contributed by atoms with E-state index in [0.717, 1.165) is 4.68 Å². The van der Waals surface area contributed by atoms with Crippen LogP contribution in [0.15, 0.2) is 18.2 Å². The number of carbonyl (C=O) groups excluding carboxylic acids is 1. The van der Waals surface area contributed by atoms with Crippen molar-refractivity contribution in [3.05, 3.63) is 46.0 Å². The molecule has 130 valence electrons. The Labute approximate surface area is 145 Å². The third-order valence-electron chi connectivity index (χ3n) is 4.28. The normalized spacial score (nSPS) is 13.9. The summed E-state index contributed by atoms with van der Waals surface area (Å²) < 4.78 is 15.1. The Bertz CT molecular complexity index is 784. The first kappa shape index (κ1) is 18.4. The van der Waals surface area contributed by atoms with E-state index in [1.807, 2.05) is 13.8 Å². The standard InChI is InChI=1S/C17H21ClFN3O2/c1-9(2)17(4,24)12-8-11(18)6-7-13(12)20-16(23)14-10(3)21-22(5)15(14)19/h6-9,24H,1-5H3,(H,20,23). The molecule has 5 nitrogen and oxygen atoms in total. The lowest BCUT2D eigenvalue weighted by molar-refractivity contribution is 0.00974. The second-order valence-electron chi connectivity index (χ2n) is 6.32. The third kappa shape index (κ3) is 3.30. The first-order valence-corrected chi connectivity index (χ1v) is 7.96. The van der Waals surface area contributed by atoms with Crippen LogP contribution < -0.4 is 5.32 Å². The van der Waals surface area contributed by atoms with E-state index in [0.29, 0.717) is 22.0 Å². The number of hydrogen-bond acceptors (Lipinski definition) is 3. The Morgan fingerprint density at radius 1 is 1.46 bits per heavy atom. The van der Waals surface area contributed by atoms with Crippen molar-refractivity contribution in [2.45, 2.75) is 33.3 Å². The molecule has 2 aromatic rings. The van der Waals surface area contributed by atoms with Crippen LogP contribution in [-0.4, -0.2) is 20.8 Å². The van der Waals surface area contributed by atoms with Crippen molar-refractivity contribution in [2.24, 2.45) is 13.0 Å². The van der Waals surface area contributed by atoms with Crippen LogP contribution in [0.2, 0.25) is 5.02 Å². The number of amides is 1. The summed E-state index contributed by atoms with van der Waals surface area (Å²) in [5, 5.41) is 17.8. The summed E-state index contributed by atoms with van der Waals surface area (Å²) in [6, 6.07) is 4.79. The smallest absolute Gasteiger partial charge is 0.262 e. The van der Waals surface area contributed by atoms with E-state index in [1.165, 1.54) is 7.05 Å². The molecule has 0 aliphatic rings. The number of aliphatic hydroxyl groups is 1. The molecule has 1 heterocycles. The van der Waals surface area contributed by atoms with E-state index in [1.54, 1.807) is 32.0 Å². The number of benzene rings is 1. The van der Waals surface area contributed by atoms with E-state index in [-0.39, 0.29) is 11.5 Å². The van der Waals surface area contributed by atoms with Gasteiger partial charge in [-0.25, -0.2) is 4.68 Å². The van der Waals surface area contributed by atoms with Gasteiger partial charge >= 0.3 is 0 Å². The molecule has 1 amide bonds. The van der Waals surface area contributed by atoms with Gasteiger partial charge in [-0.05, 0) is 38.0 Å². The molecule has 1 atom stereocenters. The molecular formula is C17H21ClFN3O2. The molecule has 0 saturated carbocycles. The second kappa shape index (κ2) is 6.53. The van der Waals surface area contributed by atoms with Crippen LogP contribution in [0.25, 0.3) is 0 Å². The molecule has 0 bridgehead atoms. The number of aromatic nitrogens is 2. The van der Waals surface area contributed by atoms with Crippen LogP contribution in [0, 0.1) is 18.8 Å². The summed E-state index contributed by atoms with van der Waals surface area (Å²) in [6.45, 7) is 6.93. The number of nitrogens with one attached hydrogen (secondary N) is 1. The van der Waals surface area contributed by atoms with Crippen molar-refractivity contribution >= 4 is 23.2 Å². The molecule has 0 aliphatic carbocycles.